The summed E-state index contributed by atoms with van der Waals surface area (Å²) in [5.41, 5.74) is 2.35. The van der Waals surface area contributed by atoms with Crippen LogP contribution in [0, 0.1) is 11.8 Å². The molecular formula is C23H32N4O2. The lowest BCUT2D eigenvalue weighted by molar-refractivity contribution is -0.131. The molecule has 2 heterocycles. The van der Waals surface area contributed by atoms with Crippen molar-refractivity contribution in [1.82, 2.24) is 20.5 Å². The first-order valence-corrected chi connectivity index (χ1v) is 11.0. The molecule has 2 atom stereocenters. The van der Waals surface area contributed by atoms with Gasteiger partial charge in [0.25, 0.3) is 0 Å². The predicted molar refractivity (Wildman–Crippen MR) is 115 cm³/mol. The number of rotatable bonds is 8. The number of nitrogens with zero attached hydrogens (tertiary/aromatic N) is 1. The highest BCUT2D eigenvalue weighted by Gasteiger charge is 2.31. The molecule has 1 saturated heterocycles. The zero-order chi connectivity index (χ0) is 20.2. The van der Waals surface area contributed by atoms with E-state index in [-0.39, 0.29) is 23.8 Å². The molecule has 1 saturated carbocycles. The molecule has 1 aromatic heterocycles. The maximum Gasteiger partial charge on any atom is 0.237 e. The van der Waals surface area contributed by atoms with Crippen LogP contribution in [0.25, 0.3) is 10.9 Å². The van der Waals surface area contributed by atoms with Gasteiger partial charge in [0.2, 0.25) is 11.8 Å². The van der Waals surface area contributed by atoms with E-state index in [2.05, 4.69) is 32.7 Å². The smallest absolute Gasteiger partial charge is 0.237 e. The molecule has 2 aliphatic rings. The van der Waals surface area contributed by atoms with Gasteiger partial charge in [-0.1, -0.05) is 18.2 Å². The second-order valence-electron chi connectivity index (χ2n) is 8.60. The molecule has 3 N–H and O–H groups in total. The number of H-pyrrole nitrogens is 1. The topological polar surface area (TPSA) is 77.2 Å². The summed E-state index contributed by atoms with van der Waals surface area (Å²) in [5.74, 6) is 0.905. The fourth-order valence-corrected chi connectivity index (χ4v) is 4.26. The molecule has 2 amide bonds. The monoisotopic (exact) mass is 396 g/mol. The Kier molecular flexibility index (Phi) is 6.19. The number of benzene rings is 1. The van der Waals surface area contributed by atoms with E-state index in [1.165, 1.54) is 23.8 Å². The van der Waals surface area contributed by atoms with Crippen LogP contribution in [0.3, 0.4) is 0 Å². The summed E-state index contributed by atoms with van der Waals surface area (Å²) in [6.07, 6.45) is 7.19. The zero-order valence-corrected chi connectivity index (χ0v) is 17.2. The summed E-state index contributed by atoms with van der Waals surface area (Å²) >= 11 is 0. The van der Waals surface area contributed by atoms with Crippen LogP contribution in [-0.2, 0) is 16.0 Å². The second-order valence-corrected chi connectivity index (χ2v) is 8.60. The van der Waals surface area contributed by atoms with E-state index in [1.807, 2.05) is 25.3 Å². The maximum atomic E-state index is 12.7. The molecule has 1 aromatic carbocycles. The van der Waals surface area contributed by atoms with E-state index in [0.29, 0.717) is 19.0 Å². The molecule has 29 heavy (non-hydrogen) atoms. The number of amides is 2. The normalized spacial score (nSPS) is 21.1. The number of carbonyl (C=O) groups is 2. The molecule has 6 heteroatoms. The van der Waals surface area contributed by atoms with Gasteiger partial charge >= 0.3 is 0 Å². The third-order valence-electron chi connectivity index (χ3n) is 6.38. The Morgan fingerprint density at radius 1 is 1.21 bits per heavy atom. The van der Waals surface area contributed by atoms with Gasteiger partial charge in [-0.2, -0.15) is 0 Å². The fraction of sp³-hybridized carbons (Fsp3) is 0.565. The van der Waals surface area contributed by atoms with Gasteiger partial charge in [-0.05, 0) is 63.1 Å². The van der Waals surface area contributed by atoms with Crippen molar-refractivity contribution in [2.75, 3.05) is 26.2 Å². The van der Waals surface area contributed by atoms with Crippen molar-refractivity contribution in [2.45, 2.75) is 45.1 Å². The average molecular weight is 397 g/mol. The third-order valence-corrected chi connectivity index (χ3v) is 6.38. The molecule has 4 rings (SSSR count). The first-order valence-electron chi connectivity index (χ1n) is 11.0. The second kappa shape index (κ2) is 8.99. The Bertz CT molecular complexity index is 857. The summed E-state index contributed by atoms with van der Waals surface area (Å²) in [6, 6.07) is 8.01. The highest BCUT2D eigenvalue weighted by molar-refractivity contribution is 5.84. The largest absolute Gasteiger partial charge is 0.361 e. The predicted octanol–water partition coefficient (Wildman–Crippen LogP) is 2.45. The highest BCUT2D eigenvalue weighted by atomic mass is 16.2. The minimum absolute atomic E-state index is 0.00368. The van der Waals surface area contributed by atoms with Crippen molar-refractivity contribution in [1.29, 1.82) is 0 Å². The Hall–Kier alpha value is -2.34. The van der Waals surface area contributed by atoms with Crippen LogP contribution in [0.4, 0.5) is 0 Å². The van der Waals surface area contributed by atoms with Gasteiger partial charge in [-0.15, -0.1) is 0 Å². The summed E-state index contributed by atoms with van der Waals surface area (Å²) in [5, 5.41) is 7.39. The van der Waals surface area contributed by atoms with Gasteiger partial charge in [-0.25, -0.2) is 0 Å². The van der Waals surface area contributed by atoms with E-state index >= 15 is 0 Å². The Balaban J connectivity index is 1.24. The lowest BCUT2D eigenvalue weighted by atomic mass is 9.95. The van der Waals surface area contributed by atoms with Gasteiger partial charge in [0.15, 0.2) is 0 Å². The lowest BCUT2D eigenvalue weighted by Gasteiger charge is -2.35. The highest BCUT2D eigenvalue weighted by Crippen LogP contribution is 2.28. The summed E-state index contributed by atoms with van der Waals surface area (Å²) < 4.78 is 0. The standard InChI is InChI=1S/C23H32N4O2/c1-16(27-12-4-5-19(15-27)23(29)26-13-17-8-9-17)22(28)24-11-10-18-14-25-21-7-3-2-6-20(18)21/h2-3,6-7,14,16-17,19,25H,4-5,8-13,15H2,1H3,(H,24,28)(H,26,29). The van der Waals surface area contributed by atoms with E-state index in [9.17, 15) is 9.59 Å². The molecule has 1 aliphatic carbocycles. The van der Waals surface area contributed by atoms with Gasteiger partial charge in [0.1, 0.15) is 0 Å². The lowest BCUT2D eigenvalue weighted by Crippen LogP contribution is -2.51. The van der Waals surface area contributed by atoms with Crippen LogP contribution in [0.1, 0.15) is 38.2 Å². The van der Waals surface area contributed by atoms with Gasteiger partial charge in [-0.3, -0.25) is 14.5 Å². The molecule has 6 nitrogen and oxygen atoms in total. The summed E-state index contributed by atoms with van der Waals surface area (Å²) in [7, 11) is 0. The van der Waals surface area contributed by atoms with E-state index in [4.69, 9.17) is 0 Å². The number of para-hydroxylation sites is 1. The van der Waals surface area contributed by atoms with Crippen LogP contribution < -0.4 is 10.6 Å². The van der Waals surface area contributed by atoms with Crippen LogP contribution in [0.2, 0.25) is 0 Å². The molecular weight excluding hydrogens is 364 g/mol. The van der Waals surface area contributed by atoms with Crippen molar-refractivity contribution in [2.24, 2.45) is 11.8 Å². The molecule has 0 spiro atoms. The maximum absolute atomic E-state index is 12.7. The zero-order valence-electron chi connectivity index (χ0n) is 17.2. The molecule has 0 bridgehead atoms. The molecule has 2 unspecified atom stereocenters. The number of aromatic amines is 1. The van der Waals surface area contributed by atoms with Gasteiger partial charge < -0.3 is 15.6 Å². The molecule has 1 aliphatic heterocycles. The van der Waals surface area contributed by atoms with Gasteiger partial charge in [0.05, 0.1) is 12.0 Å². The molecule has 2 aromatic rings. The SMILES string of the molecule is CC(C(=O)NCCc1c[nH]c2ccccc12)N1CCCC(C(=O)NCC2CC2)C1. The minimum atomic E-state index is -0.211. The number of piperidine rings is 1. The number of hydrogen-bond donors (Lipinski definition) is 3. The van der Waals surface area contributed by atoms with Crippen molar-refractivity contribution in [3.8, 4) is 0 Å². The van der Waals surface area contributed by atoms with E-state index < -0.39 is 0 Å². The first kappa shape index (κ1) is 20.0. The number of aromatic nitrogens is 1. The van der Waals surface area contributed by atoms with Crippen molar-refractivity contribution in [3.05, 3.63) is 36.0 Å². The Morgan fingerprint density at radius 3 is 2.86 bits per heavy atom. The molecule has 0 radical (unpaired) electrons. The van der Waals surface area contributed by atoms with Crippen LogP contribution in [-0.4, -0.2) is 53.9 Å². The van der Waals surface area contributed by atoms with Crippen molar-refractivity contribution >= 4 is 22.7 Å². The van der Waals surface area contributed by atoms with Crippen molar-refractivity contribution < 1.29 is 9.59 Å². The number of hydrogen-bond acceptors (Lipinski definition) is 3. The molecule has 2 fully saturated rings. The minimum Gasteiger partial charge on any atom is -0.361 e. The number of likely N-dealkylation sites (tertiary alicyclic amines) is 1. The van der Waals surface area contributed by atoms with Gasteiger partial charge in [0, 0.05) is 36.7 Å². The summed E-state index contributed by atoms with van der Waals surface area (Å²) in [4.78, 5) is 30.5. The number of nitrogens with one attached hydrogen (secondary N) is 3. The van der Waals surface area contributed by atoms with E-state index in [1.54, 1.807) is 0 Å². The summed E-state index contributed by atoms with van der Waals surface area (Å²) in [6.45, 7) is 4.94. The molecule has 156 valence electrons. The first-order chi connectivity index (χ1) is 14.1. The van der Waals surface area contributed by atoms with Crippen molar-refractivity contribution in [3.63, 3.8) is 0 Å². The Morgan fingerprint density at radius 2 is 2.03 bits per heavy atom. The quantitative estimate of drug-likeness (QED) is 0.641. The average Bonchev–Trinajstić information content (AvgIpc) is 3.50. The van der Waals surface area contributed by atoms with Crippen LogP contribution in [0.15, 0.2) is 30.5 Å². The van der Waals surface area contributed by atoms with Crippen LogP contribution >= 0.6 is 0 Å². The third kappa shape index (κ3) is 4.99. The number of carbonyl (C=O) groups excluding carboxylic acids is 2. The van der Waals surface area contributed by atoms with E-state index in [0.717, 1.165) is 37.9 Å². The number of fused-ring (bicyclic) bond motifs is 1. The van der Waals surface area contributed by atoms with Crippen LogP contribution in [0.5, 0.6) is 0 Å². The fourth-order valence-electron chi connectivity index (χ4n) is 4.26. The Labute approximate surface area is 172 Å².